The molecular formula is C69H80N6. The second-order valence-electron chi connectivity index (χ2n) is 24.4. The first-order chi connectivity index (χ1) is 37.1. The van der Waals surface area contributed by atoms with Crippen molar-refractivity contribution >= 4 is 17.2 Å². The van der Waals surface area contributed by atoms with Gasteiger partial charge in [0.2, 0.25) is 0 Å². The van der Waals surface area contributed by atoms with E-state index in [2.05, 4.69) is 172 Å². The topological polar surface area (TPSA) is 54.9 Å². The molecule has 3 N–H and O–H groups in total. The maximum Gasteiger partial charge on any atom is 0.112 e. The van der Waals surface area contributed by atoms with E-state index in [1.54, 1.807) is 22.3 Å². The smallest absolute Gasteiger partial charge is 0.112 e. The summed E-state index contributed by atoms with van der Waals surface area (Å²) in [7, 11) is 0. The Hall–Kier alpha value is -6.01. The molecule has 9 atom stereocenters. The fourth-order valence-corrected chi connectivity index (χ4v) is 16.1. The van der Waals surface area contributed by atoms with Gasteiger partial charge in [-0.2, -0.15) is 0 Å². The van der Waals surface area contributed by atoms with E-state index in [0.717, 1.165) is 25.3 Å². The summed E-state index contributed by atoms with van der Waals surface area (Å²) in [6.45, 7) is 1.07. The highest BCUT2D eigenvalue weighted by Crippen LogP contribution is 2.48. The molecule has 7 aliphatic carbocycles. The molecular weight excluding hydrogens is 913 g/mol. The zero-order chi connectivity index (χ0) is 49.7. The van der Waals surface area contributed by atoms with Crippen LogP contribution < -0.4 is 25.8 Å². The van der Waals surface area contributed by atoms with Crippen LogP contribution in [0.1, 0.15) is 139 Å². The summed E-state index contributed by atoms with van der Waals surface area (Å²) in [6.07, 6.45) is 63.8. The van der Waals surface area contributed by atoms with E-state index in [1.165, 1.54) is 167 Å². The van der Waals surface area contributed by atoms with Crippen LogP contribution in [-0.4, -0.2) is 36.5 Å². The van der Waals surface area contributed by atoms with E-state index in [1.807, 2.05) is 0 Å². The van der Waals surface area contributed by atoms with Crippen LogP contribution in [0.3, 0.4) is 0 Å². The molecule has 12 aliphatic rings. The van der Waals surface area contributed by atoms with Crippen molar-refractivity contribution in [1.82, 2.24) is 16.0 Å². The number of aliphatic imine (C=N–C) groups is 1. The number of nitrogens with zero attached hydrogens (tertiary/aromatic N) is 3. The normalized spacial score (nSPS) is 33.9. The van der Waals surface area contributed by atoms with Crippen LogP contribution in [0.5, 0.6) is 0 Å². The first kappa shape index (κ1) is 47.4. The highest BCUT2D eigenvalue weighted by molar-refractivity contribution is 6.05. The summed E-state index contributed by atoms with van der Waals surface area (Å²) in [6, 6.07) is 19.9. The standard InChI is InChI=1S/C69H80N6/c1-3-13-48(14-4-1)67-60-20-7-8-21-63(60)72-68(67)49-28-24-46(25-29-49)62-38-36-59(45-71-62)74-40-12-17-56-43-55(35-39-65(56)74)54-33-32-53-42-52(16-11-15-51(53)41-54)57-34-37-61(70-44-57)47-26-30-50(31-27-47)69-73-64-22-9-10-23-66(64)75(69)58-18-5-2-6-19-58/h2,5-6,9-10,13,18-21,23-25,28,32,34-39,43-45,47,49-52,54,61-62,64,67-68,70-72H,1,3-4,7-8,11-12,14-17,22,26-27,29-31,33,40-42H2/t47?,49?,50?,51?,52?,54?,61?,62?,64?,67?,68-/m1/s1. The van der Waals surface area contributed by atoms with Crippen molar-refractivity contribution in [3.8, 4) is 0 Å². The number of benzene rings is 2. The number of hydrogen-bond acceptors (Lipinski definition) is 6. The van der Waals surface area contributed by atoms with Crippen molar-refractivity contribution in [3.63, 3.8) is 0 Å². The maximum atomic E-state index is 5.38. The summed E-state index contributed by atoms with van der Waals surface area (Å²) in [5, 5.41) is 11.8. The molecule has 6 heteroatoms. The molecule has 3 fully saturated rings. The zero-order valence-corrected chi connectivity index (χ0v) is 44.4. The van der Waals surface area contributed by atoms with Gasteiger partial charge in [-0.05, 0) is 204 Å². The van der Waals surface area contributed by atoms with Gasteiger partial charge in [0.15, 0.2) is 0 Å². The Bertz CT molecular complexity index is 2940. The summed E-state index contributed by atoms with van der Waals surface area (Å²) >= 11 is 0. The quantitative estimate of drug-likeness (QED) is 0.219. The minimum Gasteiger partial charge on any atom is -0.384 e. The number of fused-ring (bicyclic) bond motifs is 4. The molecule has 75 heavy (non-hydrogen) atoms. The average Bonchev–Trinajstić information content (AvgIpc) is 4.02. The third kappa shape index (κ3) is 9.35. The van der Waals surface area contributed by atoms with Crippen molar-refractivity contribution in [2.24, 2.45) is 40.5 Å². The monoisotopic (exact) mass is 993 g/mol. The molecule has 386 valence electrons. The molecule has 1 saturated heterocycles. The molecule has 5 aliphatic heterocycles. The molecule has 0 spiro atoms. The first-order valence-corrected chi connectivity index (χ1v) is 30.1. The maximum absolute atomic E-state index is 5.38. The van der Waals surface area contributed by atoms with Crippen molar-refractivity contribution in [2.75, 3.05) is 16.3 Å². The largest absolute Gasteiger partial charge is 0.384 e. The fourth-order valence-electron chi connectivity index (χ4n) is 16.1. The van der Waals surface area contributed by atoms with Crippen molar-refractivity contribution < 1.29 is 0 Å². The van der Waals surface area contributed by atoms with E-state index in [9.17, 15) is 0 Å². The van der Waals surface area contributed by atoms with E-state index in [4.69, 9.17) is 4.99 Å². The molecule has 0 bridgehead atoms. The van der Waals surface area contributed by atoms with E-state index in [0.29, 0.717) is 47.6 Å². The second kappa shape index (κ2) is 20.8. The van der Waals surface area contributed by atoms with Gasteiger partial charge in [0.1, 0.15) is 5.84 Å². The predicted octanol–water partition coefficient (Wildman–Crippen LogP) is 15.0. The Balaban J connectivity index is 0.572. The van der Waals surface area contributed by atoms with Gasteiger partial charge >= 0.3 is 0 Å². The van der Waals surface area contributed by atoms with E-state index >= 15 is 0 Å². The molecule has 6 nitrogen and oxygen atoms in total. The van der Waals surface area contributed by atoms with E-state index in [-0.39, 0.29) is 12.1 Å². The van der Waals surface area contributed by atoms with Crippen molar-refractivity contribution in [3.05, 3.63) is 202 Å². The highest BCUT2D eigenvalue weighted by atomic mass is 15.3. The molecule has 5 heterocycles. The van der Waals surface area contributed by atoms with Crippen LogP contribution in [0.15, 0.2) is 196 Å². The third-order valence-corrected chi connectivity index (χ3v) is 20.1. The first-order valence-electron chi connectivity index (χ1n) is 30.1. The molecule has 0 radical (unpaired) electrons. The summed E-state index contributed by atoms with van der Waals surface area (Å²) < 4.78 is 0. The lowest BCUT2D eigenvalue weighted by molar-refractivity contribution is 0.284. The minimum absolute atomic E-state index is 0.218. The van der Waals surface area contributed by atoms with Gasteiger partial charge in [-0.15, -0.1) is 0 Å². The van der Waals surface area contributed by atoms with Gasteiger partial charge in [0.05, 0.1) is 17.8 Å². The molecule has 2 aromatic carbocycles. The number of allylic oxidation sites excluding steroid dienone is 12. The molecule has 2 saturated carbocycles. The Morgan fingerprint density at radius 3 is 2.40 bits per heavy atom. The van der Waals surface area contributed by atoms with Crippen LogP contribution in [0.4, 0.5) is 11.4 Å². The SMILES string of the molecule is C1=CCC2N=C(C3CCC(C4C=CC(C5CCCC6CC(c7ccc8c(c7)CCCN8C7=CNC(C8=CCC([C@H]9NC%10=CCCC=C%10C9C9=CCCCC9)C=C8)C=C7)CC=C6C5)=CN4)CC3)N(c3ccccc3)C2=C1. The van der Waals surface area contributed by atoms with Crippen LogP contribution >= 0.6 is 0 Å². The Labute approximate surface area is 448 Å². The number of rotatable bonds is 9. The zero-order valence-electron chi connectivity index (χ0n) is 44.4. The van der Waals surface area contributed by atoms with Crippen molar-refractivity contribution in [1.29, 1.82) is 0 Å². The molecule has 14 rings (SSSR count). The highest BCUT2D eigenvalue weighted by Gasteiger charge is 2.42. The Morgan fingerprint density at radius 1 is 0.653 bits per heavy atom. The van der Waals surface area contributed by atoms with Gasteiger partial charge in [0.25, 0.3) is 0 Å². The summed E-state index contributed by atoms with van der Waals surface area (Å²) in [5.74, 6) is 5.52. The molecule has 0 amide bonds. The van der Waals surface area contributed by atoms with Crippen LogP contribution in [0.25, 0.3) is 0 Å². The number of amidine groups is 1. The van der Waals surface area contributed by atoms with Gasteiger partial charge in [-0.25, -0.2) is 0 Å². The van der Waals surface area contributed by atoms with E-state index < -0.39 is 0 Å². The Morgan fingerprint density at radius 2 is 1.56 bits per heavy atom. The van der Waals surface area contributed by atoms with Gasteiger partial charge in [-0.1, -0.05) is 121 Å². The van der Waals surface area contributed by atoms with Crippen LogP contribution in [0, 0.1) is 35.5 Å². The van der Waals surface area contributed by atoms with Gasteiger partial charge < -0.3 is 25.8 Å². The summed E-state index contributed by atoms with van der Waals surface area (Å²) in [4.78, 5) is 10.4. The lowest BCUT2D eigenvalue weighted by Crippen LogP contribution is -2.39. The molecule has 2 aromatic rings. The fraction of sp³-hybridized carbons (Fsp3) is 0.464. The third-order valence-electron chi connectivity index (χ3n) is 20.1. The lowest BCUT2D eigenvalue weighted by Gasteiger charge is -2.36. The second-order valence-corrected chi connectivity index (χ2v) is 24.4. The molecule has 8 unspecified atom stereocenters. The van der Waals surface area contributed by atoms with Crippen molar-refractivity contribution in [2.45, 2.75) is 159 Å². The predicted molar refractivity (Wildman–Crippen MR) is 311 cm³/mol. The number of para-hydroxylation sites is 1. The Kier molecular flexibility index (Phi) is 13.2. The van der Waals surface area contributed by atoms with Gasteiger partial charge in [0, 0.05) is 71.6 Å². The number of anilines is 2. The van der Waals surface area contributed by atoms with Crippen LogP contribution in [0.2, 0.25) is 0 Å². The average molecular weight is 993 g/mol. The lowest BCUT2D eigenvalue weighted by atomic mass is 9.74. The molecule has 0 aromatic heterocycles. The number of nitrogens with one attached hydrogen (secondary N) is 3. The number of hydrogen-bond donors (Lipinski definition) is 3. The van der Waals surface area contributed by atoms with Crippen LogP contribution in [-0.2, 0) is 6.42 Å². The number of aryl methyl sites for hydroxylation is 1. The van der Waals surface area contributed by atoms with Gasteiger partial charge in [-0.3, -0.25) is 4.99 Å². The minimum atomic E-state index is 0.218. The number of dihydropyridines is 2. The summed E-state index contributed by atoms with van der Waals surface area (Å²) in [5.41, 5.74) is 17.8.